The average Bonchev–Trinajstić information content (AvgIpc) is 2.97. The van der Waals surface area contributed by atoms with E-state index < -0.39 is 0 Å². The molecule has 1 amide bonds. The number of hydrogen-bond acceptors (Lipinski definition) is 5. The van der Waals surface area contributed by atoms with E-state index in [0.29, 0.717) is 29.2 Å². The summed E-state index contributed by atoms with van der Waals surface area (Å²) in [5, 5.41) is 0. The van der Waals surface area contributed by atoms with Crippen molar-refractivity contribution < 1.29 is 4.79 Å². The van der Waals surface area contributed by atoms with E-state index in [0.717, 1.165) is 68.1 Å². The molecule has 6 N–H and O–H groups in total. The van der Waals surface area contributed by atoms with Crippen molar-refractivity contribution >= 4 is 5.91 Å². The molecule has 2 fully saturated rings. The summed E-state index contributed by atoms with van der Waals surface area (Å²) in [7, 11) is 0. The number of carbonyl (C=O) groups is 1. The van der Waals surface area contributed by atoms with Crippen LogP contribution in [0.2, 0.25) is 0 Å². The van der Waals surface area contributed by atoms with Gasteiger partial charge in [-0.05, 0) is 115 Å². The second-order valence-electron chi connectivity index (χ2n) is 11.1. The van der Waals surface area contributed by atoms with Crippen molar-refractivity contribution in [3.8, 4) is 0 Å². The molecule has 0 spiro atoms. The summed E-state index contributed by atoms with van der Waals surface area (Å²) in [6, 6.07) is 14.6. The molecule has 2 atom stereocenters. The highest BCUT2D eigenvalue weighted by Gasteiger charge is 2.31. The maximum atomic E-state index is 12.5. The Morgan fingerprint density at radius 1 is 0.730 bits per heavy atom. The van der Waals surface area contributed by atoms with Crippen LogP contribution in [0, 0.1) is 11.8 Å². The van der Waals surface area contributed by atoms with Crippen LogP contribution in [0.5, 0.6) is 0 Å². The van der Waals surface area contributed by atoms with E-state index in [9.17, 15) is 4.79 Å². The summed E-state index contributed by atoms with van der Waals surface area (Å²) in [4.78, 5) is 21.0. The standard InChI is InChI=1S/C31H39N5O/c32-29(25-3-1-15-35-18-25)22-9-5-20(6-10-22)24-13-14-27(28(17-24)31(34)37)21-7-11-23(12-8-21)30(33)26-4-2-16-36-19-26/h1-4,13-23,29-30H,5-12,32-33H2,(H2,34,37). The number of amides is 1. The second-order valence-corrected chi connectivity index (χ2v) is 11.1. The third-order valence-corrected chi connectivity index (χ3v) is 8.95. The number of nitrogens with two attached hydrogens (primary N) is 3. The van der Waals surface area contributed by atoms with E-state index in [1.807, 2.05) is 24.5 Å². The van der Waals surface area contributed by atoms with Gasteiger partial charge in [0.1, 0.15) is 0 Å². The lowest BCUT2D eigenvalue weighted by Gasteiger charge is -2.34. The summed E-state index contributed by atoms with van der Waals surface area (Å²) in [6.45, 7) is 0. The highest BCUT2D eigenvalue weighted by atomic mass is 16.1. The summed E-state index contributed by atoms with van der Waals surface area (Å²) in [5.41, 5.74) is 24.3. The molecule has 0 aliphatic heterocycles. The zero-order valence-corrected chi connectivity index (χ0v) is 21.5. The molecule has 6 heteroatoms. The van der Waals surface area contributed by atoms with Crippen molar-refractivity contribution in [3.63, 3.8) is 0 Å². The molecule has 0 radical (unpaired) electrons. The zero-order valence-electron chi connectivity index (χ0n) is 21.5. The van der Waals surface area contributed by atoms with Crippen LogP contribution in [0.1, 0.15) is 108 Å². The van der Waals surface area contributed by atoms with Gasteiger partial charge in [-0.2, -0.15) is 0 Å². The average molecular weight is 498 g/mol. The molecule has 2 aromatic heterocycles. The van der Waals surface area contributed by atoms with Crippen LogP contribution in [0.3, 0.4) is 0 Å². The first-order valence-electron chi connectivity index (χ1n) is 13.8. The van der Waals surface area contributed by atoms with Gasteiger partial charge in [0.05, 0.1) is 0 Å². The van der Waals surface area contributed by atoms with Crippen LogP contribution < -0.4 is 17.2 Å². The Labute approximate surface area is 220 Å². The van der Waals surface area contributed by atoms with E-state index in [1.54, 1.807) is 12.4 Å². The third-order valence-electron chi connectivity index (χ3n) is 8.95. The molecule has 3 aromatic rings. The lowest BCUT2D eigenvalue weighted by molar-refractivity contribution is 0.0998. The highest BCUT2D eigenvalue weighted by Crippen LogP contribution is 2.43. The Balaban J connectivity index is 1.22. The fourth-order valence-corrected chi connectivity index (χ4v) is 6.69. The molecule has 37 heavy (non-hydrogen) atoms. The van der Waals surface area contributed by atoms with Crippen molar-refractivity contribution in [1.82, 2.24) is 9.97 Å². The third kappa shape index (κ3) is 5.76. The van der Waals surface area contributed by atoms with E-state index >= 15 is 0 Å². The molecule has 194 valence electrons. The summed E-state index contributed by atoms with van der Waals surface area (Å²) >= 11 is 0. The minimum atomic E-state index is -0.321. The minimum absolute atomic E-state index is 0.00837. The number of nitrogens with zero attached hydrogens (tertiary/aromatic N) is 2. The Kier molecular flexibility index (Phi) is 7.96. The lowest BCUT2D eigenvalue weighted by atomic mass is 9.72. The number of rotatable bonds is 7. The number of benzene rings is 1. The summed E-state index contributed by atoms with van der Waals surface area (Å²) in [5.74, 6) is 1.37. The normalized spacial score (nSPS) is 25.8. The van der Waals surface area contributed by atoms with Crippen molar-refractivity contribution in [2.24, 2.45) is 29.0 Å². The lowest BCUT2D eigenvalue weighted by Crippen LogP contribution is -2.27. The smallest absolute Gasteiger partial charge is 0.248 e. The molecule has 2 aliphatic carbocycles. The Hall–Kier alpha value is -3.09. The minimum Gasteiger partial charge on any atom is -0.366 e. The molecule has 2 heterocycles. The van der Waals surface area contributed by atoms with E-state index in [4.69, 9.17) is 17.2 Å². The number of pyridine rings is 2. The topological polar surface area (TPSA) is 121 Å². The maximum absolute atomic E-state index is 12.5. The van der Waals surface area contributed by atoms with Gasteiger partial charge in [-0.1, -0.05) is 24.3 Å². The van der Waals surface area contributed by atoms with Crippen molar-refractivity contribution in [2.45, 2.75) is 75.3 Å². The fraction of sp³-hybridized carbons (Fsp3) is 0.452. The molecule has 0 saturated heterocycles. The quantitative estimate of drug-likeness (QED) is 0.397. The molecular formula is C31H39N5O. The van der Waals surface area contributed by atoms with Gasteiger partial charge in [-0.15, -0.1) is 0 Å². The van der Waals surface area contributed by atoms with E-state index in [-0.39, 0.29) is 18.0 Å². The number of aromatic nitrogens is 2. The second kappa shape index (κ2) is 11.5. The van der Waals surface area contributed by atoms with Crippen LogP contribution in [-0.2, 0) is 0 Å². The first-order valence-corrected chi connectivity index (χ1v) is 13.8. The number of primary amides is 1. The predicted octanol–water partition coefficient (Wildman–Crippen LogP) is 5.52. The first-order chi connectivity index (χ1) is 18.0. The van der Waals surface area contributed by atoms with Gasteiger partial charge in [0, 0.05) is 42.4 Å². The summed E-state index contributed by atoms with van der Waals surface area (Å²) in [6.07, 6.45) is 15.8. The van der Waals surface area contributed by atoms with Crippen molar-refractivity contribution in [3.05, 3.63) is 95.1 Å². The maximum Gasteiger partial charge on any atom is 0.248 e. The molecule has 2 aliphatic rings. The molecular weight excluding hydrogens is 458 g/mol. The van der Waals surface area contributed by atoms with Crippen LogP contribution in [0.25, 0.3) is 0 Å². The molecule has 5 rings (SSSR count). The molecule has 2 saturated carbocycles. The molecule has 2 unspecified atom stereocenters. The molecule has 1 aromatic carbocycles. The SMILES string of the molecule is NC(=O)c1cc(C2CCC(C(N)c3cccnc3)CC2)ccc1C1CCC(C(N)c2cccnc2)CC1. The van der Waals surface area contributed by atoms with Gasteiger partial charge in [0.15, 0.2) is 0 Å². The number of carbonyl (C=O) groups excluding carboxylic acids is 1. The molecule has 0 bridgehead atoms. The van der Waals surface area contributed by atoms with Crippen molar-refractivity contribution in [2.75, 3.05) is 0 Å². The molecule has 6 nitrogen and oxygen atoms in total. The fourth-order valence-electron chi connectivity index (χ4n) is 6.69. The largest absolute Gasteiger partial charge is 0.366 e. The Morgan fingerprint density at radius 3 is 1.70 bits per heavy atom. The Bertz CT molecular complexity index is 1170. The van der Waals surface area contributed by atoms with Crippen LogP contribution in [0.15, 0.2) is 67.3 Å². The number of hydrogen-bond donors (Lipinski definition) is 3. The summed E-state index contributed by atoms with van der Waals surface area (Å²) < 4.78 is 0. The Morgan fingerprint density at radius 2 is 1.24 bits per heavy atom. The first kappa shape index (κ1) is 25.6. The monoisotopic (exact) mass is 497 g/mol. The van der Waals surface area contributed by atoms with Crippen molar-refractivity contribution in [1.29, 1.82) is 0 Å². The van der Waals surface area contributed by atoms with Gasteiger partial charge >= 0.3 is 0 Å². The van der Waals surface area contributed by atoms with Crippen LogP contribution >= 0.6 is 0 Å². The van der Waals surface area contributed by atoms with E-state index in [2.05, 4.69) is 40.3 Å². The van der Waals surface area contributed by atoms with Gasteiger partial charge in [-0.25, -0.2) is 0 Å². The van der Waals surface area contributed by atoms with Gasteiger partial charge in [0.2, 0.25) is 5.91 Å². The highest BCUT2D eigenvalue weighted by molar-refractivity contribution is 5.94. The van der Waals surface area contributed by atoms with Crippen LogP contribution in [-0.4, -0.2) is 15.9 Å². The van der Waals surface area contributed by atoms with Gasteiger partial charge in [0.25, 0.3) is 0 Å². The van der Waals surface area contributed by atoms with Gasteiger partial charge < -0.3 is 17.2 Å². The predicted molar refractivity (Wildman–Crippen MR) is 147 cm³/mol. The van der Waals surface area contributed by atoms with E-state index in [1.165, 1.54) is 5.56 Å². The van der Waals surface area contributed by atoms with Gasteiger partial charge in [-0.3, -0.25) is 14.8 Å². The zero-order chi connectivity index (χ0) is 25.8. The van der Waals surface area contributed by atoms with Crippen LogP contribution in [0.4, 0.5) is 0 Å².